The van der Waals surface area contributed by atoms with E-state index in [1.54, 1.807) is 17.0 Å². The van der Waals surface area contributed by atoms with Crippen LogP contribution in [0.5, 0.6) is 0 Å². The Labute approximate surface area is 113 Å². The first kappa shape index (κ1) is 15.5. The summed E-state index contributed by atoms with van der Waals surface area (Å²) < 4.78 is 26.5. The summed E-state index contributed by atoms with van der Waals surface area (Å²) >= 11 is 0. The quantitative estimate of drug-likeness (QED) is 0.811. The summed E-state index contributed by atoms with van der Waals surface area (Å²) in [5.41, 5.74) is 0.758. The van der Waals surface area contributed by atoms with Gasteiger partial charge in [0.15, 0.2) is 0 Å². The molecule has 1 atom stereocenters. The highest BCUT2D eigenvalue weighted by Gasteiger charge is 2.19. The van der Waals surface area contributed by atoms with E-state index in [4.69, 9.17) is 5.11 Å². The van der Waals surface area contributed by atoms with E-state index in [1.807, 2.05) is 14.1 Å². The minimum absolute atomic E-state index is 0.121. The smallest absolute Gasteiger partial charge is 0.304 e. The minimum atomic E-state index is -3.70. The molecule has 7 heteroatoms. The molecule has 0 amide bonds. The molecule has 19 heavy (non-hydrogen) atoms. The van der Waals surface area contributed by atoms with E-state index in [0.29, 0.717) is 0 Å². The first-order valence-corrected chi connectivity index (χ1v) is 7.22. The first-order chi connectivity index (χ1) is 8.72. The molecule has 1 aromatic carbocycles. The molecular formula is C12H18N2O4S. The zero-order chi connectivity index (χ0) is 14.6. The number of benzene rings is 1. The van der Waals surface area contributed by atoms with E-state index in [9.17, 15) is 13.2 Å². The Morgan fingerprint density at radius 2 is 2.05 bits per heavy atom. The number of aliphatic carboxylic acids is 1. The maximum Gasteiger partial charge on any atom is 0.304 e. The second kappa shape index (κ2) is 6.03. The molecular weight excluding hydrogens is 268 g/mol. The van der Waals surface area contributed by atoms with Crippen LogP contribution in [0.15, 0.2) is 29.2 Å². The number of carboxylic acids is 1. The Hall–Kier alpha value is -1.60. The van der Waals surface area contributed by atoms with Crippen LogP contribution >= 0.6 is 0 Å². The predicted octanol–water partition coefficient (Wildman–Crippen LogP) is 0.894. The van der Waals surface area contributed by atoms with Gasteiger partial charge in [-0.25, -0.2) is 13.1 Å². The number of anilines is 1. The number of rotatable bonds is 6. The van der Waals surface area contributed by atoms with E-state index in [-0.39, 0.29) is 11.3 Å². The van der Waals surface area contributed by atoms with Gasteiger partial charge in [-0.1, -0.05) is 6.07 Å². The average molecular weight is 286 g/mol. The van der Waals surface area contributed by atoms with Gasteiger partial charge in [0.05, 0.1) is 11.3 Å². The number of hydrogen-bond acceptors (Lipinski definition) is 4. The van der Waals surface area contributed by atoms with Crippen molar-refractivity contribution in [1.29, 1.82) is 0 Å². The lowest BCUT2D eigenvalue weighted by molar-refractivity contribution is -0.137. The number of sulfonamides is 1. The highest BCUT2D eigenvalue weighted by Crippen LogP contribution is 2.17. The minimum Gasteiger partial charge on any atom is -0.481 e. The summed E-state index contributed by atoms with van der Waals surface area (Å²) in [7, 11) is -0.0777. The zero-order valence-electron chi connectivity index (χ0n) is 11.1. The SMILES string of the molecule is CC(CC(=O)O)NS(=O)(=O)c1cccc(N(C)C)c1. The number of nitrogens with one attached hydrogen (secondary N) is 1. The van der Waals surface area contributed by atoms with Crippen LogP contribution in [0, 0.1) is 0 Å². The van der Waals surface area contributed by atoms with Crippen LogP contribution in [0.2, 0.25) is 0 Å². The fourth-order valence-corrected chi connectivity index (χ4v) is 2.85. The van der Waals surface area contributed by atoms with E-state index in [0.717, 1.165) is 5.69 Å². The molecule has 0 saturated heterocycles. The summed E-state index contributed by atoms with van der Waals surface area (Å²) in [6.45, 7) is 1.52. The third-order valence-corrected chi connectivity index (χ3v) is 4.07. The molecule has 0 heterocycles. The summed E-state index contributed by atoms with van der Waals surface area (Å²) in [6.07, 6.45) is -0.257. The van der Waals surface area contributed by atoms with Crippen molar-refractivity contribution in [1.82, 2.24) is 4.72 Å². The molecule has 106 valence electrons. The molecule has 0 saturated carbocycles. The monoisotopic (exact) mass is 286 g/mol. The fraction of sp³-hybridized carbons (Fsp3) is 0.417. The van der Waals surface area contributed by atoms with Crippen LogP contribution in [0.4, 0.5) is 5.69 Å². The fourth-order valence-electron chi connectivity index (χ4n) is 1.57. The molecule has 0 aliphatic heterocycles. The predicted molar refractivity (Wildman–Crippen MR) is 72.8 cm³/mol. The number of hydrogen-bond donors (Lipinski definition) is 2. The van der Waals surface area contributed by atoms with Crippen LogP contribution < -0.4 is 9.62 Å². The van der Waals surface area contributed by atoms with Crippen molar-refractivity contribution in [2.75, 3.05) is 19.0 Å². The molecule has 0 aromatic heterocycles. The molecule has 6 nitrogen and oxygen atoms in total. The molecule has 0 aliphatic carbocycles. The Bertz CT molecular complexity index is 555. The second-order valence-corrected chi connectivity index (χ2v) is 6.23. The van der Waals surface area contributed by atoms with Crippen molar-refractivity contribution >= 4 is 21.7 Å². The van der Waals surface area contributed by atoms with Gasteiger partial charge in [0.2, 0.25) is 10.0 Å². The Morgan fingerprint density at radius 3 is 2.58 bits per heavy atom. The van der Waals surface area contributed by atoms with Gasteiger partial charge in [-0.05, 0) is 25.1 Å². The molecule has 1 aromatic rings. The van der Waals surface area contributed by atoms with Crippen LogP contribution in [0.1, 0.15) is 13.3 Å². The van der Waals surface area contributed by atoms with Gasteiger partial charge in [0.1, 0.15) is 0 Å². The van der Waals surface area contributed by atoms with E-state index in [2.05, 4.69) is 4.72 Å². The van der Waals surface area contributed by atoms with Crippen LogP contribution in [-0.4, -0.2) is 39.6 Å². The second-order valence-electron chi connectivity index (χ2n) is 4.51. The summed E-state index contributed by atoms with van der Waals surface area (Å²) in [5.74, 6) is -1.04. The summed E-state index contributed by atoms with van der Waals surface area (Å²) in [4.78, 5) is 12.4. The van der Waals surface area contributed by atoms with Crippen LogP contribution in [-0.2, 0) is 14.8 Å². The molecule has 1 unspecified atom stereocenters. The van der Waals surface area contributed by atoms with Gasteiger partial charge in [0, 0.05) is 25.8 Å². The van der Waals surface area contributed by atoms with E-state index in [1.165, 1.54) is 19.1 Å². The molecule has 0 spiro atoms. The number of carbonyl (C=O) groups is 1. The first-order valence-electron chi connectivity index (χ1n) is 5.74. The van der Waals surface area contributed by atoms with Gasteiger partial charge >= 0.3 is 5.97 Å². The van der Waals surface area contributed by atoms with Gasteiger partial charge in [0.25, 0.3) is 0 Å². The molecule has 0 bridgehead atoms. The lowest BCUT2D eigenvalue weighted by Gasteiger charge is -2.15. The lowest BCUT2D eigenvalue weighted by atomic mass is 10.3. The Balaban J connectivity index is 2.94. The Kier molecular flexibility index (Phi) is 4.90. The van der Waals surface area contributed by atoms with Crippen molar-refractivity contribution in [3.8, 4) is 0 Å². The summed E-state index contributed by atoms with van der Waals surface area (Å²) in [6, 6.07) is 5.79. The van der Waals surface area contributed by atoms with Gasteiger partial charge in [-0.3, -0.25) is 4.79 Å². The van der Waals surface area contributed by atoms with E-state index < -0.39 is 22.0 Å². The van der Waals surface area contributed by atoms with Gasteiger partial charge in [-0.2, -0.15) is 0 Å². The highest BCUT2D eigenvalue weighted by molar-refractivity contribution is 7.89. The molecule has 2 N–H and O–H groups in total. The summed E-state index contributed by atoms with van der Waals surface area (Å²) in [5, 5.41) is 8.63. The van der Waals surface area contributed by atoms with Gasteiger partial charge < -0.3 is 10.0 Å². The standard InChI is InChI=1S/C12H18N2O4S/c1-9(7-12(15)16)13-19(17,18)11-6-4-5-10(8-11)14(2)3/h4-6,8-9,13H,7H2,1-3H3,(H,15,16). The highest BCUT2D eigenvalue weighted by atomic mass is 32.2. The third kappa shape index (κ3) is 4.53. The largest absolute Gasteiger partial charge is 0.481 e. The molecule has 0 radical (unpaired) electrons. The topological polar surface area (TPSA) is 86.7 Å². The van der Waals surface area contributed by atoms with E-state index >= 15 is 0 Å². The number of carboxylic acid groups (broad SMARTS) is 1. The van der Waals surface area contributed by atoms with Crippen molar-refractivity contribution in [3.05, 3.63) is 24.3 Å². The van der Waals surface area contributed by atoms with Crippen molar-refractivity contribution in [2.45, 2.75) is 24.3 Å². The molecule has 0 aliphatic rings. The molecule has 0 fully saturated rings. The maximum absolute atomic E-state index is 12.1. The number of nitrogens with zero attached hydrogens (tertiary/aromatic N) is 1. The van der Waals surface area contributed by atoms with Crippen molar-refractivity contribution in [3.63, 3.8) is 0 Å². The molecule has 1 rings (SSSR count). The van der Waals surface area contributed by atoms with Gasteiger partial charge in [-0.15, -0.1) is 0 Å². The van der Waals surface area contributed by atoms with Crippen LogP contribution in [0.3, 0.4) is 0 Å². The lowest BCUT2D eigenvalue weighted by Crippen LogP contribution is -2.34. The van der Waals surface area contributed by atoms with Crippen molar-refractivity contribution in [2.24, 2.45) is 0 Å². The average Bonchev–Trinajstić information content (AvgIpc) is 2.27. The maximum atomic E-state index is 12.1. The Morgan fingerprint density at radius 1 is 1.42 bits per heavy atom. The third-order valence-electron chi connectivity index (χ3n) is 2.48. The zero-order valence-corrected chi connectivity index (χ0v) is 11.9. The normalized spacial score (nSPS) is 13.0. The van der Waals surface area contributed by atoms with Crippen molar-refractivity contribution < 1.29 is 18.3 Å². The van der Waals surface area contributed by atoms with Crippen LogP contribution in [0.25, 0.3) is 0 Å².